The van der Waals surface area contributed by atoms with Crippen molar-refractivity contribution in [2.45, 2.75) is 25.4 Å². The van der Waals surface area contributed by atoms with Gasteiger partial charge in [-0.05, 0) is 37.5 Å². The molecule has 0 saturated heterocycles. The summed E-state index contributed by atoms with van der Waals surface area (Å²) in [5, 5.41) is 18.1. The number of H-pyrrole nitrogens is 2. The van der Waals surface area contributed by atoms with Crippen molar-refractivity contribution < 1.29 is 13.2 Å². The van der Waals surface area contributed by atoms with Crippen molar-refractivity contribution in [1.82, 2.24) is 25.1 Å². The predicted octanol–water partition coefficient (Wildman–Crippen LogP) is 3.72. The number of rotatable bonds is 3. The summed E-state index contributed by atoms with van der Waals surface area (Å²) in [5.74, 6) is 0.370. The second-order valence-electron chi connectivity index (χ2n) is 5.88. The molecule has 3 aromatic rings. The summed E-state index contributed by atoms with van der Waals surface area (Å²) in [7, 11) is 0. The van der Waals surface area contributed by atoms with E-state index in [0.29, 0.717) is 11.5 Å². The van der Waals surface area contributed by atoms with Crippen molar-refractivity contribution in [1.29, 1.82) is 0 Å². The van der Waals surface area contributed by atoms with Crippen LogP contribution in [0.25, 0.3) is 11.5 Å². The number of nitrogens with zero attached hydrogens (tertiary/aromatic N) is 4. The molecule has 1 aliphatic rings. The van der Waals surface area contributed by atoms with Gasteiger partial charge in [0.1, 0.15) is 5.69 Å². The Hall–Kier alpha value is -2.75. The molecule has 0 saturated carbocycles. The van der Waals surface area contributed by atoms with Gasteiger partial charge >= 0.3 is 6.18 Å². The van der Waals surface area contributed by atoms with Crippen molar-refractivity contribution in [2.24, 2.45) is 5.10 Å². The fourth-order valence-electron chi connectivity index (χ4n) is 3.04. The fraction of sp³-hybridized carbons (Fsp3) is 0.250. The van der Waals surface area contributed by atoms with E-state index in [4.69, 9.17) is 12.2 Å². The lowest BCUT2D eigenvalue weighted by Crippen LogP contribution is -2.09. The summed E-state index contributed by atoms with van der Waals surface area (Å²) < 4.78 is 40.8. The minimum absolute atomic E-state index is 0.0543. The van der Waals surface area contributed by atoms with Gasteiger partial charge in [-0.2, -0.15) is 33.1 Å². The van der Waals surface area contributed by atoms with Crippen LogP contribution in [0, 0.1) is 4.77 Å². The number of nitrogens with one attached hydrogen (secondary N) is 2. The first-order valence-electron chi connectivity index (χ1n) is 7.89. The van der Waals surface area contributed by atoms with Gasteiger partial charge < -0.3 is 0 Å². The van der Waals surface area contributed by atoms with Crippen molar-refractivity contribution in [3.05, 3.63) is 51.4 Å². The third-order valence-corrected chi connectivity index (χ3v) is 4.51. The van der Waals surface area contributed by atoms with Crippen molar-refractivity contribution in [3.63, 3.8) is 0 Å². The Kier molecular flexibility index (Phi) is 3.98. The van der Waals surface area contributed by atoms with Crippen LogP contribution in [0.4, 0.5) is 13.2 Å². The molecule has 26 heavy (non-hydrogen) atoms. The van der Waals surface area contributed by atoms with Crippen LogP contribution in [0.2, 0.25) is 0 Å². The summed E-state index contributed by atoms with van der Waals surface area (Å²) in [6, 6.07) is 5.22. The van der Waals surface area contributed by atoms with Crippen LogP contribution in [0.5, 0.6) is 0 Å². The van der Waals surface area contributed by atoms with Gasteiger partial charge in [-0.3, -0.25) is 5.10 Å². The lowest BCUT2D eigenvalue weighted by atomic mass is 10.1. The highest BCUT2D eigenvalue weighted by Crippen LogP contribution is 2.31. The highest BCUT2D eigenvalue weighted by molar-refractivity contribution is 7.71. The lowest BCUT2D eigenvalue weighted by molar-refractivity contribution is -0.137. The number of alkyl halides is 3. The molecule has 6 nitrogen and oxygen atoms in total. The van der Waals surface area contributed by atoms with Crippen LogP contribution in [0.1, 0.15) is 28.8 Å². The molecule has 2 N–H and O–H groups in total. The molecular formula is C16H13F3N6S. The minimum Gasteiger partial charge on any atom is -0.282 e. The third-order valence-electron chi connectivity index (χ3n) is 4.25. The molecule has 134 valence electrons. The predicted molar refractivity (Wildman–Crippen MR) is 91.5 cm³/mol. The summed E-state index contributed by atoms with van der Waals surface area (Å²) in [6.07, 6.45) is -0.544. The van der Waals surface area contributed by atoms with E-state index in [-0.39, 0.29) is 10.3 Å². The number of halogens is 3. The molecule has 0 bridgehead atoms. The van der Waals surface area contributed by atoms with E-state index in [2.05, 4.69) is 25.5 Å². The Morgan fingerprint density at radius 2 is 1.96 bits per heavy atom. The van der Waals surface area contributed by atoms with E-state index in [9.17, 15) is 13.2 Å². The Balaban J connectivity index is 1.76. The zero-order valence-electron chi connectivity index (χ0n) is 13.3. The Bertz CT molecular complexity index is 1040. The Morgan fingerprint density at radius 3 is 2.77 bits per heavy atom. The maximum absolute atomic E-state index is 13.1. The summed E-state index contributed by atoms with van der Waals surface area (Å²) in [5.41, 5.74) is 1.89. The van der Waals surface area contributed by atoms with E-state index in [1.807, 2.05) is 0 Å². The van der Waals surface area contributed by atoms with E-state index in [1.165, 1.54) is 22.9 Å². The van der Waals surface area contributed by atoms with Crippen LogP contribution in [0.15, 0.2) is 29.4 Å². The van der Waals surface area contributed by atoms with Crippen molar-refractivity contribution in [2.75, 3.05) is 0 Å². The molecule has 1 aliphatic carbocycles. The average molecular weight is 378 g/mol. The summed E-state index contributed by atoms with van der Waals surface area (Å²) in [6.45, 7) is 0. The second kappa shape index (κ2) is 6.20. The van der Waals surface area contributed by atoms with Crippen LogP contribution in [-0.2, 0) is 19.0 Å². The van der Waals surface area contributed by atoms with E-state index < -0.39 is 11.7 Å². The maximum Gasteiger partial charge on any atom is 0.417 e. The molecule has 0 spiro atoms. The monoisotopic (exact) mass is 378 g/mol. The average Bonchev–Trinajstić information content (AvgIpc) is 3.28. The third kappa shape index (κ3) is 2.85. The Morgan fingerprint density at radius 1 is 1.15 bits per heavy atom. The zero-order valence-corrected chi connectivity index (χ0v) is 14.2. The van der Waals surface area contributed by atoms with Crippen molar-refractivity contribution >= 4 is 18.4 Å². The minimum atomic E-state index is -4.47. The van der Waals surface area contributed by atoms with Crippen LogP contribution in [0.3, 0.4) is 0 Å². The molecule has 10 heteroatoms. The number of hydrogen-bond acceptors (Lipinski definition) is 4. The van der Waals surface area contributed by atoms with Gasteiger partial charge in [-0.1, -0.05) is 18.2 Å². The fourth-order valence-corrected chi connectivity index (χ4v) is 3.22. The molecule has 0 aliphatic heterocycles. The quantitative estimate of drug-likeness (QED) is 0.539. The van der Waals surface area contributed by atoms with Crippen LogP contribution < -0.4 is 0 Å². The molecule has 0 atom stereocenters. The standard InChI is InChI=1S/C16H13F3N6S/c17-16(18,19)11-6-2-1-4-9(11)8-20-25-14(23-24-15(25)26)13-10-5-3-7-12(10)21-22-13/h1-2,4,6,8H,3,5,7H2,(H,21,22)(H,24,26). The smallest absolute Gasteiger partial charge is 0.282 e. The molecule has 4 rings (SSSR count). The zero-order chi connectivity index (χ0) is 18.3. The van der Waals surface area contributed by atoms with Gasteiger partial charge in [-0.15, -0.1) is 0 Å². The first kappa shape index (κ1) is 16.7. The number of hydrogen-bond donors (Lipinski definition) is 2. The molecule has 0 fully saturated rings. The molecule has 1 aromatic carbocycles. The molecular weight excluding hydrogens is 365 g/mol. The van der Waals surface area contributed by atoms with Gasteiger partial charge in [0.15, 0.2) is 0 Å². The Labute approximate surface area is 150 Å². The number of benzene rings is 1. The van der Waals surface area contributed by atoms with Crippen molar-refractivity contribution in [3.8, 4) is 11.5 Å². The van der Waals surface area contributed by atoms with Gasteiger partial charge in [0.25, 0.3) is 0 Å². The largest absolute Gasteiger partial charge is 0.417 e. The highest BCUT2D eigenvalue weighted by atomic mass is 32.1. The van der Waals surface area contributed by atoms with E-state index >= 15 is 0 Å². The maximum atomic E-state index is 13.1. The molecule has 0 unspecified atom stereocenters. The lowest BCUT2D eigenvalue weighted by Gasteiger charge is -2.09. The van der Waals surface area contributed by atoms with Gasteiger partial charge in [-0.25, -0.2) is 5.10 Å². The number of aromatic amines is 2. The summed E-state index contributed by atoms with van der Waals surface area (Å²) in [4.78, 5) is 0. The van der Waals surface area contributed by atoms with Gasteiger partial charge in [0.2, 0.25) is 10.6 Å². The van der Waals surface area contributed by atoms with E-state index in [1.54, 1.807) is 0 Å². The number of aromatic nitrogens is 5. The number of fused-ring (bicyclic) bond motifs is 1. The second-order valence-corrected chi connectivity index (χ2v) is 6.26. The SMILES string of the molecule is FC(F)(F)c1ccccc1C=Nn1c(-c2n[nH]c3c2CCC3)n[nH]c1=S. The van der Waals surface area contributed by atoms with E-state index in [0.717, 1.165) is 42.8 Å². The highest BCUT2D eigenvalue weighted by Gasteiger charge is 2.32. The normalized spacial score (nSPS) is 14.3. The molecule has 0 radical (unpaired) electrons. The van der Waals surface area contributed by atoms with Crippen LogP contribution >= 0.6 is 12.2 Å². The molecule has 2 aromatic heterocycles. The summed E-state index contributed by atoms with van der Waals surface area (Å²) >= 11 is 5.17. The molecule has 0 amide bonds. The topological polar surface area (TPSA) is 74.7 Å². The first-order chi connectivity index (χ1) is 12.4. The van der Waals surface area contributed by atoms with Crippen LogP contribution in [-0.4, -0.2) is 31.3 Å². The molecule has 2 heterocycles. The number of aryl methyl sites for hydroxylation is 1. The first-order valence-corrected chi connectivity index (χ1v) is 8.30. The van der Waals surface area contributed by atoms with Gasteiger partial charge in [0.05, 0.1) is 11.8 Å². The van der Waals surface area contributed by atoms with Gasteiger partial charge in [0, 0.05) is 16.8 Å².